The monoisotopic (exact) mass is 704 g/mol. The van der Waals surface area contributed by atoms with Gasteiger partial charge in [-0.3, -0.25) is 9.69 Å². The van der Waals surface area contributed by atoms with Crippen molar-refractivity contribution < 1.29 is 28.9 Å². The first-order valence-electron chi connectivity index (χ1n) is 13.1. The van der Waals surface area contributed by atoms with Crippen LogP contribution in [-0.2, 0) is 4.79 Å². The molecular weight excluding hydrogens is 678 g/mol. The van der Waals surface area contributed by atoms with E-state index in [9.17, 15) is 24.2 Å². The quantitative estimate of drug-likeness (QED) is 0.130. The summed E-state index contributed by atoms with van der Waals surface area (Å²) in [6.45, 7) is 1.15. The van der Waals surface area contributed by atoms with E-state index in [2.05, 4.69) is 15.3 Å². The average molecular weight is 705 g/mol. The molecule has 12 heteroatoms. The van der Waals surface area contributed by atoms with E-state index in [0.717, 1.165) is 10.5 Å². The Balaban J connectivity index is 1.51. The Labute approximate surface area is 259 Å². The molecular formula is C30H27ClFIN4O5. The summed E-state index contributed by atoms with van der Waals surface area (Å²) in [6, 6.07) is 18.0. The second kappa shape index (κ2) is 12.8. The van der Waals surface area contributed by atoms with Crippen molar-refractivity contribution in [2.45, 2.75) is 31.0 Å². The van der Waals surface area contributed by atoms with Crippen molar-refractivity contribution in [2.75, 3.05) is 13.2 Å². The first-order valence-corrected chi connectivity index (χ1v) is 14.5. The summed E-state index contributed by atoms with van der Waals surface area (Å²) >= 11 is 8.54. The Hall–Kier alpha value is -3.52. The van der Waals surface area contributed by atoms with Crippen molar-refractivity contribution in [1.82, 2.24) is 20.2 Å². The number of carbonyl (C=O) groups excluding carboxylic acids is 2. The summed E-state index contributed by atoms with van der Waals surface area (Å²) in [5.41, 5.74) is 1.73. The lowest BCUT2D eigenvalue weighted by atomic mass is 9.91. The molecule has 9 nitrogen and oxygen atoms in total. The van der Waals surface area contributed by atoms with Gasteiger partial charge in [-0.15, -0.1) is 0 Å². The van der Waals surface area contributed by atoms with Gasteiger partial charge < -0.3 is 25.3 Å². The molecule has 3 amide bonds. The zero-order chi connectivity index (χ0) is 30.0. The van der Waals surface area contributed by atoms with E-state index < -0.39 is 41.9 Å². The summed E-state index contributed by atoms with van der Waals surface area (Å²) in [5.74, 6) is -0.797. The predicted molar refractivity (Wildman–Crippen MR) is 162 cm³/mol. The first kappa shape index (κ1) is 30.0. The number of aromatic nitrogens is 2. The molecule has 4 aromatic rings. The van der Waals surface area contributed by atoms with Crippen LogP contribution in [0.25, 0.3) is 11.3 Å². The molecule has 0 bridgehead atoms. The molecule has 1 aliphatic heterocycles. The van der Waals surface area contributed by atoms with Crippen molar-refractivity contribution in [1.29, 1.82) is 0 Å². The Bertz CT molecular complexity index is 1580. The van der Waals surface area contributed by atoms with E-state index in [4.69, 9.17) is 16.3 Å². The van der Waals surface area contributed by atoms with Crippen molar-refractivity contribution >= 4 is 46.1 Å². The van der Waals surface area contributed by atoms with Gasteiger partial charge in [-0.25, -0.2) is 14.2 Å². The maximum atomic E-state index is 14.9. The van der Waals surface area contributed by atoms with Crippen LogP contribution in [0.4, 0.5) is 9.18 Å². The van der Waals surface area contributed by atoms with E-state index in [-0.39, 0.29) is 35.4 Å². The number of hydrogen-bond donors (Lipinski definition) is 4. The summed E-state index contributed by atoms with van der Waals surface area (Å²) in [4.78, 5) is 36.1. The van der Waals surface area contributed by atoms with Crippen molar-refractivity contribution in [3.05, 3.63) is 104 Å². The maximum absolute atomic E-state index is 14.9. The number of H-pyrrole nitrogens is 1. The van der Waals surface area contributed by atoms with E-state index in [1.54, 1.807) is 36.4 Å². The lowest BCUT2D eigenvalue weighted by molar-refractivity contribution is -0.129. The number of aliphatic hydroxyl groups excluding tert-OH is 2. The second-order valence-electron chi connectivity index (χ2n) is 9.82. The van der Waals surface area contributed by atoms with Gasteiger partial charge in [-0.05, 0) is 64.0 Å². The zero-order valence-corrected chi connectivity index (χ0v) is 25.2. The number of imide groups is 1. The maximum Gasteiger partial charge on any atom is 0.325 e. The van der Waals surface area contributed by atoms with Crippen LogP contribution in [0, 0.1) is 9.39 Å². The van der Waals surface area contributed by atoms with E-state index in [1.165, 1.54) is 6.07 Å². The summed E-state index contributed by atoms with van der Waals surface area (Å²) in [5, 5.41) is 21.4. The molecule has 1 saturated heterocycles. The molecule has 5 rings (SSSR count). The van der Waals surface area contributed by atoms with Crippen LogP contribution < -0.4 is 10.1 Å². The molecule has 1 aromatic heterocycles. The van der Waals surface area contributed by atoms with Crippen molar-refractivity contribution in [3.8, 4) is 17.0 Å². The van der Waals surface area contributed by atoms with Crippen molar-refractivity contribution in [2.24, 2.45) is 0 Å². The molecule has 2 heterocycles. The third kappa shape index (κ3) is 6.00. The lowest BCUT2D eigenvalue weighted by Crippen LogP contribution is -2.38. The summed E-state index contributed by atoms with van der Waals surface area (Å²) in [6.07, 6.45) is -0.780. The van der Waals surface area contributed by atoms with Crippen molar-refractivity contribution in [3.63, 3.8) is 0 Å². The Morgan fingerprint density at radius 3 is 2.40 bits per heavy atom. The topological polar surface area (TPSA) is 128 Å². The van der Waals surface area contributed by atoms with Gasteiger partial charge in [0.25, 0.3) is 5.91 Å². The minimum absolute atomic E-state index is 0.0821. The number of aliphatic hydroxyl groups is 2. The summed E-state index contributed by atoms with van der Waals surface area (Å²) < 4.78 is 21.1. The largest absolute Gasteiger partial charge is 0.486 e. The Morgan fingerprint density at radius 2 is 1.76 bits per heavy atom. The van der Waals surface area contributed by atoms with Gasteiger partial charge in [0, 0.05) is 15.1 Å². The Morgan fingerprint density at radius 1 is 1.07 bits per heavy atom. The van der Waals surface area contributed by atoms with Gasteiger partial charge in [0.15, 0.2) is 0 Å². The smallest absolute Gasteiger partial charge is 0.325 e. The highest BCUT2D eigenvalue weighted by Crippen LogP contribution is 2.41. The van der Waals surface area contributed by atoms with Gasteiger partial charge in [0.1, 0.15) is 46.4 Å². The third-order valence-electron chi connectivity index (χ3n) is 7.12. The molecule has 3 atom stereocenters. The molecule has 0 spiro atoms. The van der Waals surface area contributed by atoms with Gasteiger partial charge in [0.05, 0.1) is 13.2 Å². The number of amides is 3. The second-order valence-corrected chi connectivity index (χ2v) is 11.4. The number of benzene rings is 3. The van der Waals surface area contributed by atoms with Crippen LogP contribution in [0.2, 0.25) is 5.15 Å². The zero-order valence-electron chi connectivity index (χ0n) is 22.3. The van der Waals surface area contributed by atoms with Crippen LogP contribution in [0.5, 0.6) is 5.75 Å². The highest BCUT2D eigenvalue weighted by atomic mass is 127. The first-order chi connectivity index (χ1) is 20.2. The van der Waals surface area contributed by atoms with Crippen LogP contribution >= 0.6 is 34.2 Å². The number of carbonyl (C=O) groups is 2. The summed E-state index contributed by atoms with van der Waals surface area (Å²) in [7, 11) is 0. The highest BCUT2D eigenvalue weighted by Gasteiger charge is 2.46. The number of urea groups is 1. The normalized spacial score (nSPS) is 16.5. The molecule has 42 heavy (non-hydrogen) atoms. The molecule has 3 aromatic carbocycles. The van der Waals surface area contributed by atoms with Gasteiger partial charge in [-0.1, -0.05) is 61.0 Å². The number of imidazole rings is 1. The number of ether oxygens (including phenoxy) is 1. The minimum atomic E-state index is -0.984. The third-order valence-corrected chi connectivity index (χ3v) is 8.06. The average Bonchev–Trinajstić information content (AvgIpc) is 3.51. The lowest BCUT2D eigenvalue weighted by Gasteiger charge is -2.29. The molecule has 1 aliphatic rings. The minimum Gasteiger partial charge on any atom is -0.486 e. The molecule has 1 unspecified atom stereocenters. The fourth-order valence-corrected chi connectivity index (χ4v) is 5.63. The fraction of sp³-hybridized carbons (Fsp3) is 0.233. The number of nitrogens with zero attached hydrogens (tertiary/aromatic N) is 2. The molecule has 0 saturated carbocycles. The number of halogens is 3. The van der Waals surface area contributed by atoms with Gasteiger partial charge in [-0.2, -0.15) is 0 Å². The van der Waals surface area contributed by atoms with Gasteiger partial charge >= 0.3 is 6.03 Å². The number of aromatic amines is 1. The number of nitrogens with one attached hydrogen (secondary N) is 2. The van der Waals surface area contributed by atoms with E-state index in [1.807, 2.05) is 59.8 Å². The molecule has 0 aliphatic carbocycles. The number of rotatable bonds is 10. The number of hydrogen-bond acceptors (Lipinski definition) is 6. The SMILES string of the molecule is C[C@@H](c1ccccc1)[C@@H](c1nc(-c2ccc(I)cc2F)c(Cl)[nH]1)N1C(=O)NC(c2ccc(OC(CO)CO)cc2)C1=O. The van der Waals surface area contributed by atoms with Crippen LogP contribution in [0.15, 0.2) is 72.8 Å². The van der Waals surface area contributed by atoms with Crippen LogP contribution in [0.3, 0.4) is 0 Å². The van der Waals surface area contributed by atoms with Crippen LogP contribution in [-0.4, -0.2) is 56.3 Å². The predicted octanol–water partition coefficient (Wildman–Crippen LogP) is 5.34. The fourth-order valence-electron chi connectivity index (χ4n) is 4.94. The Kier molecular flexibility index (Phi) is 9.11. The molecule has 0 radical (unpaired) electrons. The highest BCUT2D eigenvalue weighted by molar-refractivity contribution is 14.1. The van der Waals surface area contributed by atoms with Crippen LogP contribution in [0.1, 0.15) is 41.9 Å². The molecule has 4 N–H and O–H groups in total. The van der Waals surface area contributed by atoms with E-state index in [0.29, 0.717) is 14.9 Å². The standard InChI is InChI=1S/C30H27ClFIN4O5/c1-16(17-5-3-2-4-6-17)26(28-34-25(27(31)36-28)22-12-9-19(33)13-23(22)32)37-29(40)24(35-30(37)41)18-7-10-20(11-8-18)42-21(14-38)15-39/h2-13,16,21,24,26,38-39H,14-15H2,1H3,(H,34,36)(H,35,41)/t16-,24?,26-/m0/s1. The van der Waals surface area contributed by atoms with E-state index >= 15 is 0 Å². The van der Waals surface area contributed by atoms with Gasteiger partial charge in [0.2, 0.25) is 0 Å². The molecule has 218 valence electrons. The molecule has 1 fully saturated rings.